The molecule has 4 rings (SSSR count). The van der Waals surface area contributed by atoms with E-state index in [-0.39, 0.29) is 11.3 Å². The van der Waals surface area contributed by atoms with E-state index in [1.165, 1.54) is 24.3 Å². The zero-order valence-electron chi connectivity index (χ0n) is 16.9. The molecule has 3 aromatic carbocycles. The summed E-state index contributed by atoms with van der Waals surface area (Å²) < 4.78 is 0. The van der Waals surface area contributed by atoms with Crippen molar-refractivity contribution in [3.8, 4) is 0 Å². The number of nitrogens with zero attached hydrogens (tertiary/aromatic N) is 2. The van der Waals surface area contributed by atoms with Crippen molar-refractivity contribution in [3.63, 3.8) is 0 Å². The molecule has 2 amide bonds. The minimum absolute atomic E-state index is 0.0584. The smallest absolute Gasteiger partial charge is 0.267 e. The number of nitrogens with one attached hydrogen (secondary N) is 1. The Morgan fingerprint density at radius 2 is 1.67 bits per heavy atom. The van der Waals surface area contributed by atoms with E-state index in [9.17, 15) is 19.7 Å². The highest BCUT2D eigenvalue weighted by Gasteiger charge is 2.29. The highest BCUT2D eigenvalue weighted by atomic mass is 35.5. The number of carbonyl (C=O) groups is 2. The van der Waals surface area contributed by atoms with Gasteiger partial charge in [0.2, 0.25) is 0 Å². The van der Waals surface area contributed by atoms with Crippen LogP contribution in [-0.4, -0.2) is 21.7 Å². The van der Waals surface area contributed by atoms with Gasteiger partial charge in [0, 0.05) is 28.8 Å². The van der Waals surface area contributed by atoms with Gasteiger partial charge in [-0.25, -0.2) is 5.01 Å². The summed E-state index contributed by atoms with van der Waals surface area (Å²) in [6, 6.07) is 19.2. The SMILES string of the molecule is O=C1NN(C(=O)c2ccccc2)C(c2ccc(Cl)c(Cl)c2)=C/C1=C\c1ccc([N+](=O)[O-])cc1. The number of amides is 2. The lowest BCUT2D eigenvalue weighted by molar-refractivity contribution is -0.384. The van der Waals surface area contributed by atoms with Crippen LogP contribution in [0.15, 0.2) is 84.4 Å². The second-order valence-electron chi connectivity index (χ2n) is 7.05. The Hall–Kier alpha value is -3.94. The van der Waals surface area contributed by atoms with Gasteiger partial charge in [-0.2, -0.15) is 0 Å². The van der Waals surface area contributed by atoms with E-state index < -0.39 is 16.7 Å². The highest BCUT2D eigenvalue weighted by molar-refractivity contribution is 6.42. The Bertz CT molecular complexity index is 1320. The molecule has 0 saturated carbocycles. The third kappa shape index (κ3) is 4.79. The molecule has 0 aromatic heterocycles. The first-order valence-corrected chi connectivity index (χ1v) is 10.4. The van der Waals surface area contributed by atoms with Crippen molar-refractivity contribution in [2.24, 2.45) is 0 Å². The van der Waals surface area contributed by atoms with E-state index in [4.69, 9.17) is 23.2 Å². The van der Waals surface area contributed by atoms with Gasteiger partial charge in [0.1, 0.15) is 0 Å². The van der Waals surface area contributed by atoms with Gasteiger partial charge in [0.25, 0.3) is 17.5 Å². The van der Waals surface area contributed by atoms with E-state index in [2.05, 4.69) is 5.43 Å². The minimum Gasteiger partial charge on any atom is -0.267 e. The molecule has 0 radical (unpaired) electrons. The number of halogens is 2. The molecule has 0 bridgehead atoms. The van der Waals surface area contributed by atoms with Crippen LogP contribution in [0.5, 0.6) is 0 Å². The molecule has 0 fully saturated rings. The van der Waals surface area contributed by atoms with Gasteiger partial charge in [-0.3, -0.25) is 25.1 Å². The molecule has 7 nitrogen and oxygen atoms in total. The Balaban J connectivity index is 1.80. The van der Waals surface area contributed by atoms with Gasteiger partial charge in [-0.15, -0.1) is 0 Å². The molecule has 0 unspecified atom stereocenters. The van der Waals surface area contributed by atoms with E-state index >= 15 is 0 Å². The van der Waals surface area contributed by atoms with E-state index in [1.54, 1.807) is 60.7 Å². The summed E-state index contributed by atoms with van der Waals surface area (Å²) in [5.74, 6) is -0.947. The lowest BCUT2D eigenvalue weighted by Gasteiger charge is -2.30. The van der Waals surface area contributed by atoms with Gasteiger partial charge >= 0.3 is 0 Å². The van der Waals surface area contributed by atoms with E-state index in [0.29, 0.717) is 32.4 Å². The van der Waals surface area contributed by atoms with Crippen molar-refractivity contribution < 1.29 is 14.5 Å². The molecular weight excluding hydrogens is 465 g/mol. The second kappa shape index (κ2) is 9.28. The summed E-state index contributed by atoms with van der Waals surface area (Å²) >= 11 is 12.2. The molecule has 0 spiro atoms. The molecule has 1 heterocycles. The fraction of sp³-hybridized carbons (Fsp3) is 0. The zero-order valence-corrected chi connectivity index (χ0v) is 18.4. The van der Waals surface area contributed by atoms with Crippen molar-refractivity contribution >= 4 is 52.5 Å². The van der Waals surface area contributed by atoms with Gasteiger partial charge in [0.15, 0.2) is 0 Å². The van der Waals surface area contributed by atoms with Crippen LogP contribution in [-0.2, 0) is 4.79 Å². The number of rotatable bonds is 4. The topological polar surface area (TPSA) is 92.6 Å². The van der Waals surface area contributed by atoms with Crippen LogP contribution in [0.3, 0.4) is 0 Å². The predicted molar refractivity (Wildman–Crippen MR) is 126 cm³/mol. The second-order valence-corrected chi connectivity index (χ2v) is 7.87. The number of carbonyl (C=O) groups excluding carboxylic acids is 2. The number of non-ortho nitro benzene ring substituents is 1. The van der Waals surface area contributed by atoms with Crippen LogP contribution in [0, 0.1) is 10.1 Å². The summed E-state index contributed by atoms with van der Waals surface area (Å²) in [5.41, 5.74) is 4.72. The van der Waals surface area contributed by atoms with E-state index in [0.717, 1.165) is 5.01 Å². The molecule has 0 atom stereocenters. The van der Waals surface area contributed by atoms with Gasteiger partial charge in [0.05, 0.1) is 20.7 Å². The average Bonchev–Trinajstić information content (AvgIpc) is 2.82. The fourth-order valence-electron chi connectivity index (χ4n) is 3.22. The maximum atomic E-state index is 13.2. The number of hydrogen-bond donors (Lipinski definition) is 1. The van der Waals surface area contributed by atoms with Crippen molar-refractivity contribution in [3.05, 3.63) is 121 Å². The van der Waals surface area contributed by atoms with Gasteiger partial charge in [-0.1, -0.05) is 47.5 Å². The largest absolute Gasteiger partial charge is 0.277 e. The number of hydrazine groups is 1. The molecule has 33 heavy (non-hydrogen) atoms. The summed E-state index contributed by atoms with van der Waals surface area (Å²) in [7, 11) is 0. The molecule has 0 aliphatic carbocycles. The Morgan fingerprint density at radius 3 is 2.30 bits per heavy atom. The summed E-state index contributed by atoms with van der Waals surface area (Å²) in [6.07, 6.45) is 3.13. The number of nitro benzene ring substituents is 1. The molecule has 0 saturated heterocycles. The standard InChI is InChI=1S/C24H15Cl2N3O4/c25-20-11-8-17(13-21(20)26)22-14-18(12-15-6-9-19(10-7-15)29(32)33)23(30)27-28(22)24(31)16-4-2-1-3-5-16/h1-14H,(H,27,30)/b18-12+. The zero-order chi connectivity index (χ0) is 23.5. The van der Waals surface area contributed by atoms with Crippen LogP contribution in [0.2, 0.25) is 10.0 Å². The number of nitro groups is 1. The van der Waals surface area contributed by atoms with Crippen molar-refractivity contribution in [2.45, 2.75) is 0 Å². The minimum atomic E-state index is -0.513. The van der Waals surface area contributed by atoms with Crippen molar-refractivity contribution in [1.82, 2.24) is 10.4 Å². The number of benzene rings is 3. The molecule has 164 valence electrons. The van der Waals surface area contributed by atoms with E-state index in [1.807, 2.05) is 0 Å². The summed E-state index contributed by atoms with van der Waals surface area (Å²) in [6.45, 7) is 0. The van der Waals surface area contributed by atoms with Crippen molar-refractivity contribution in [1.29, 1.82) is 0 Å². The van der Waals surface area contributed by atoms with Gasteiger partial charge in [-0.05, 0) is 54.1 Å². The molecule has 3 aromatic rings. The fourth-order valence-corrected chi connectivity index (χ4v) is 3.52. The number of hydrogen-bond acceptors (Lipinski definition) is 4. The third-order valence-electron chi connectivity index (χ3n) is 4.87. The highest BCUT2D eigenvalue weighted by Crippen LogP contribution is 2.31. The van der Waals surface area contributed by atoms with Crippen LogP contribution >= 0.6 is 23.2 Å². The quantitative estimate of drug-likeness (QED) is 0.303. The Morgan fingerprint density at radius 1 is 0.970 bits per heavy atom. The molecule has 1 aliphatic heterocycles. The first-order chi connectivity index (χ1) is 15.8. The van der Waals surface area contributed by atoms with Crippen LogP contribution in [0.1, 0.15) is 21.5 Å². The summed E-state index contributed by atoms with van der Waals surface area (Å²) in [5, 5.41) is 12.7. The normalized spacial score (nSPS) is 14.6. The molecule has 1 N–H and O–H groups in total. The maximum absolute atomic E-state index is 13.2. The molecule has 9 heteroatoms. The van der Waals surface area contributed by atoms with Crippen molar-refractivity contribution in [2.75, 3.05) is 0 Å². The third-order valence-corrected chi connectivity index (χ3v) is 5.61. The molecule has 1 aliphatic rings. The first kappa shape index (κ1) is 22.3. The summed E-state index contributed by atoms with van der Waals surface area (Å²) in [4.78, 5) is 36.4. The van der Waals surface area contributed by atoms with Crippen LogP contribution in [0.25, 0.3) is 11.8 Å². The lowest BCUT2D eigenvalue weighted by Crippen LogP contribution is -2.47. The Kier molecular flexibility index (Phi) is 6.26. The molecular formula is C24H15Cl2N3O4. The average molecular weight is 480 g/mol. The first-order valence-electron chi connectivity index (χ1n) is 9.67. The van der Waals surface area contributed by atoms with Gasteiger partial charge < -0.3 is 0 Å². The lowest BCUT2D eigenvalue weighted by atomic mass is 10.0. The van der Waals surface area contributed by atoms with Crippen LogP contribution in [0.4, 0.5) is 5.69 Å². The Labute approximate surface area is 198 Å². The monoisotopic (exact) mass is 479 g/mol. The van der Waals surface area contributed by atoms with Crippen LogP contribution < -0.4 is 5.43 Å². The maximum Gasteiger partial charge on any atom is 0.277 e. The predicted octanol–water partition coefficient (Wildman–Crippen LogP) is 5.51.